The Kier molecular flexibility index (Phi) is 4.39. The number of carbonyl (C=O) groups is 1. The molecule has 1 heterocycles. The number of benzene rings is 2. The second-order valence-electron chi connectivity index (χ2n) is 6.69. The van der Waals surface area contributed by atoms with Crippen molar-refractivity contribution in [3.63, 3.8) is 0 Å². The van der Waals surface area contributed by atoms with Crippen molar-refractivity contribution >= 4 is 27.3 Å². The number of carbonyl (C=O) groups excluding carboxylic acids is 1. The maximum Gasteiger partial charge on any atom is 0.271 e. The van der Waals surface area contributed by atoms with Crippen molar-refractivity contribution in [2.45, 2.75) is 26.0 Å². The van der Waals surface area contributed by atoms with Crippen LogP contribution in [0.25, 0.3) is 0 Å². The molecule has 0 radical (unpaired) electrons. The van der Waals surface area contributed by atoms with Crippen LogP contribution < -0.4 is 14.4 Å². The van der Waals surface area contributed by atoms with Gasteiger partial charge in [0, 0.05) is 6.07 Å². The molecule has 6 nitrogen and oxygen atoms in total. The lowest BCUT2D eigenvalue weighted by Gasteiger charge is -2.39. The Bertz CT molecular complexity index is 956. The third-order valence-corrected chi connectivity index (χ3v) is 4.54. The van der Waals surface area contributed by atoms with Crippen LogP contribution >= 0.6 is 0 Å². The van der Waals surface area contributed by atoms with Crippen LogP contribution in [0.3, 0.4) is 0 Å². The summed E-state index contributed by atoms with van der Waals surface area (Å²) < 4.78 is 44.2. The van der Waals surface area contributed by atoms with Crippen molar-refractivity contribution in [1.82, 2.24) is 0 Å². The number of rotatable bonds is 4. The molecule has 1 N–H and O–H groups in total. The van der Waals surface area contributed by atoms with E-state index in [4.69, 9.17) is 4.74 Å². The number of fused-ring (bicyclic) bond motifs is 1. The van der Waals surface area contributed by atoms with E-state index in [0.29, 0.717) is 17.1 Å². The molecule has 3 rings (SSSR count). The molecule has 0 saturated carbocycles. The van der Waals surface area contributed by atoms with Gasteiger partial charge in [0.2, 0.25) is 10.0 Å². The second kappa shape index (κ2) is 6.28. The van der Waals surface area contributed by atoms with E-state index in [2.05, 4.69) is 4.72 Å². The van der Waals surface area contributed by atoms with Crippen LogP contribution in [-0.2, 0) is 21.4 Å². The van der Waals surface area contributed by atoms with Gasteiger partial charge in [-0.3, -0.25) is 9.52 Å². The summed E-state index contributed by atoms with van der Waals surface area (Å²) >= 11 is 0. The summed E-state index contributed by atoms with van der Waals surface area (Å²) in [7, 11) is -3.43. The zero-order valence-electron chi connectivity index (χ0n) is 14.6. The normalized spacial score (nSPS) is 16.0. The van der Waals surface area contributed by atoms with Crippen molar-refractivity contribution in [3.05, 3.63) is 53.8 Å². The van der Waals surface area contributed by atoms with Crippen LogP contribution in [0.1, 0.15) is 19.4 Å². The van der Waals surface area contributed by atoms with E-state index >= 15 is 0 Å². The summed E-state index contributed by atoms with van der Waals surface area (Å²) in [5.74, 6) is -0.192. The molecule has 0 bridgehead atoms. The Balaban J connectivity index is 2.00. The topological polar surface area (TPSA) is 75.7 Å². The fraction of sp³-hybridized carbons (Fsp3) is 0.278. The summed E-state index contributed by atoms with van der Waals surface area (Å²) in [5.41, 5.74) is 0.522. The molecule has 0 aliphatic carbocycles. The molecule has 0 saturated heterocycles. The van der Waals surface area contributed by atoms with Gasteiger partial charge in [0.15, 0.2) is 5.60 Å². The fourth-order valence-electron chi connectivity index (χ4n) is 2.78. The lowest BCUT2D eigenvalue weighted by atomic mass is 10.0. The number of amides is 1. The number of nitrogens with one attached hydrogen (secondary N) is 1. The number of nitrogens with zero attached hydrogens (tertiary/aromatic N) is 1. The SMILES string of the molecule is CC1(C)Oc2cc(NS(C)(=O)=O)ccc2N(Cc2ccc(F)cc2)C1=O. The van der Waals surface area contributed by atoms with Crippen LogP contribution in [0.4, 0.5) is 15.8 Å². The van der Waals surface area contributed by atoms with E-state index in [9.17, 15) is 17.6 Å². The minimum atomic E-state index is -3.43. The quantitative estimate of drug-likeness (QED) is 0.888. The molecule has 1 amide bonds. The van der Waals surface area contributed by atoms with Crippen molar-refractivity contribution in [2.75, 3.05) is 15.9 Å². The molecule has 0 spiro atoms. The first-order valence-corrected chi connectivity index (χ1v) is 9.81. The van der Waals surface area contributed by atoms with E-state index in [1.165, 1.54) is 12.1 Å². The third-order valence-electron chi connectivity index (χ3n) is 3.93. The largest absolute Gasteiger partial charge is 0.476 e. The summed E-state index contributed by atoms with van der Waals surface area (Å²) in [6.07, 6.45) is 1.06. The van der Waals surface area contributed by atoms with E-state index in [-0.39, 0.29) is 18.3 Å². The lowest BCUT2D eigenvalue weighted by molar-refractivity contribution is -0.132. The molecule has 138 valence electrons. The first-order chi connectivity index (χ1) is 12.0. The molecular formula is C18H19FN2O4S. The van der Waals surface area contributed by atoms with Gasteiger partial charge in [-0.15, -0.1) is 0 Å². The average Bonchev–Trinajstić information content (AvgIpc) is 2.52. The Labute approximate surface area is 151 Å². The third kappa shape index (κ3) is 3.80. The molecule has 1 aliphatic rings. The molecule has 2 aromatic rings. The van der Waals surface area contributed by atoms with E-state index in [0.717, 1.165) is 11.8 Å². The second-order valence-corrected chi connectivity index (χ2v) is 8.44. The highest BCUT2D eigenvalue weighted by atomic mass is 32.2. The molecule has 0 unspecified atom stereocenters. The van der Waals surface area contributed by atoms with Crippen molar-refractivity contribution < 1.29 is 22.3 Å². The number of halogens is 1. The molecule has 1 aliphatic heterocycles. The zero-order valence-corrected chi connectivity index (χ0v) is 15.4. The summed E-state index contributed by atoms with van der Waals surface area (Å²) in [6, 6.07) is 10.6. The van der Waals surface area contributed by atoms with Gasteiger partial charge in [-0.2, -0.15) is 0 Å². The maximum atomic E-state index is 13.1. The first kappa shape index (κ1) is 18.2. The summed E-state index contributed by atoms with van der Waals surface area (Å²) in [4.78, 5) is 14.4. The Morgan fingerprint density at radius 2 is 1.81 bits per heavy atom. The van der Waals surface area contributed by atoms with Gasteiger partial charge in [-0.05, 0) is 43.7 Å². The van der Waals surface area contributed by atoms with Crippen LogP contribution in [-0.4, -0.2) is 26.2 Å². The number of sulfonamides is 1. The number of hydrogen-bond acceptors (Lipinski definition) is 4. The van der Waals surface area contributed by atoms with E-state index in [1.54, 1.807) is 49.1 Å². The van der Waals surface area contributed by atoms with Gasteiger partial charge in [0.1, 0.15) is 11.6 Å². The van der Waals surface area contributed by atoms with Crippen molar-refractivity contribution in [3.8, 4) is 5.75 Å². The highest BCUT2D eigenvalue weighted by Gasteiger charge is 2.41. The smallest absolute Gasteiger partial charge is 0.271 e. The molecule has 0 atom stereocenters. The highest BCUT2D eigenvalue weighted by molar-refractivity contribution is 7.92. The molecule has 2 aromatic carbocycles. The summed E-state index contributed by atoms with van der Waals surface area (Å²) in [6.45, 7) is 3.54. The summed E-state index contributed by atoms with van der Waals surface area (Å²) in [5, 5.41) is 0. The first-order valence-electron chi connectivity index (χ1n) is 7.92. The van der Waals surface area contributed by atoms with Gasteiger partial charge in [-0.25, -0.2) is 12.8 Å². The monoisotopic (exact) mass is 378 g/mol. The fourth-order valence-corrected chi connectivity index (χ4v) is 3.33. The highest BCUT2D eigenvalue weighted by Crippen LogP contribution is 2.40. The standard InChI is InChI=1S/C18H19FN2O4S/c1-18(2)17(22)21(11-12-4-6-13(19)7-5-12)15-9-8-14(10-16(15)25-18)20-26(3,23)24/h4-10,20H,11H2,1-3H3. The lowest BCUT2D eigenvalue weighted by Crippen LogP contribution is -2.52. The van der Waals surface area contributed by atoms with Gasteiger partial charge >= 0.3 is 0 Å². The molecule has 26 heavy (non-hydrogen) atoms. The van der Waals surface area contributed by atoms with Crippen molar-refractivity contribution in [2.24, 2.45) is 0 Å². The van der Waals surface area contributed by atoms with E-state index < -0.39 is 15.6 Å². The van der Waals surface area contributed by atoms with Crippen LogP contribution in [0, 0.1) is 5.82 Å². The van der Waals surface area contributed by atoms with E-state index in [1.807, 2.05) is 0 Å². The van der Waals surface area contributed by atoms with Gasteiger partial charge in [-0.1, -0.05) is 12.1 Å². The van der Waals surface area contributed by atoms with Gasteiger partial charge in [0.25, 0.3) is 5.91 Å². The Morgan fingerprint density at radius 1 is 1.15 bits per heavy atom. The number of ether oxygens (including phenoxy) is 1. The molecular weight excluding hydrogens is 359 g/mol. The molecule has 8 heteroatoms. The van der Waals surface area contributed by atoms with Gasteiger partial charge < -0.3 is 9.64 Å². The Hall–Kier alpha value is -2.61. The average molecular weight is 378 g/mol. The minimum absolute atomic E-state index is 0.238. The van der Waals surface area contributed by atoms with Crippen molar-refractivity contribution in [1.29, 1.82) is 0 Å². The van der Waals surface area contributed by atoms with Crippen LogP contribution in [0.2, 0.25) is 0 Å². The van der Waals surface area contributed by atoms with Gasteiger partial charge in [0.05, 0.1) is 24.2 Å². The molecule has 0 aromatic heterocycles. The number of anilines is 2. The zero-order chi connectivity index (χ0) is 19.1. The molecule has 0 fully saturated rings. The van der Waals surface area contributed by atoms with Crippen LogP contribution in [0.5, 0.6) is 5.75 Å². The maximum absolute atomic E-state index is 13.1. The predicted octanol–water partition coefficient (Wildman–Crippen LogP) is 2.90. The Morgan fingerprint density at radius 3 is 2.42 bits per heavy atom. The number of hydrogen-bond donors (Lipinski definition) is 1. The van der Waals surface area contributed by atoms with Crippen LogP contribution in [0.15, 0.2) is 42.5 Å². The minimum Gasteiger partial charge on any atom is -0.476 e. The predicted molar refractivity (Wildman–Crippen MR) is 97.2 cm³/mol.